The van der Waals surface area contributed by atoms with Gasteiger partial charge in [-0.05, 0) is 17.5 Å². The molecule has 4 heteroatoms. The maximum atomic E-state index is 11.3. The highest BCUT2D eigenvalue weighted by Crippen LogP contribution is 2.19. The molecule has 1 aromatic heterocycles. The van der Waals surface area contributed by atoms with Gasteiger partial charge in [0.25, 0.3) is 0 Å². The second-order valence-electron chi connectivity index (χ2n) is 5.76. The van der Waals surface area contributed by atoms with Crippen molar-refractivity contribution in [2.45, 2.75) is 33.4 Å². The van der Waals surface area contributed by atoms with E-state index in [1.165, 1.54) is 5.56 Å². The van der Waals surface area contributed by atoms with Gasteiger partial charge in [-0.2, -0.15) is 0 Å². The molecule has 1 aromatic rings. The molecule has 0 radical (unpaired) electrons. The Morgan fingerprint density at radius 3 is 2.79 bits per heavy atom. The molecule has 1 aliphatic rings. The molecule has 0 saturated carbocycles. The number of hydrogen-bond acceptors (Lipinski definition) is 3. The zero-order valence-corrected chi connectivity index (χ0v) is 12.0. The number of amides is 1. The fourth-order valence-electron chi connectivity index (χ4n) is 2.48. The molecule has 0 aromatic carbocycles. The van der Waals surface area contributed by atoms with Gasteiger partial charge in [0, 0.05) is 51.5 Å². The SMILES string of the molecule is CC(=O)N1CC(N(Cc2cccnc2)CC(C)C)C1. The molecule has 0 aliphatic carbocycles. The molecular formula is C15H23N3O. The van der Waals surface area contributed by atoms with Gasteiger partial charge >= 0.3 is 0 Å². The van der Waals surface area contributed by atoms with E-state index in [1.54, 1.807) is 13.1 Å². The Hall–Kier alpha value is -1.42. The van der Waals surface area contributed by atoms with E-state index >= 15 is 0 Å². The molecule has 19 heavy (non-hydrogen) atoms. The normalized spacial score (nSPS) is 15.9. The van der Waals surface area contributed by atoms with Crippen molar-refractivity contribution in [2.24, 2.45) is 5.92 Å². The molecule has 0 N–H and O–H groups in total. The van der Waals surface area contributed by atoms with E-state index in [4.69, 9.17) is 0 Å². The van der Waals surface area contributed by atoms with Crippen LogP contribution in [0.15, 0.2) is 24.5 Å². The molecule has 2 heterocycles. The third-order valence-corrected chi connectivity index (χ3v) is 3.53. The van der Waals surface area contributed by atoms with Gasteiger partial charge in [0.05, 0.1) is 0 Å². The number of aromatic nitrogens is 1. The Kier molecular flexibility index (Phi) is 4.53. The largest absolute Gasteiger partial charge is 0.340 e. The smallest absolute Gasteiger partial charge is 0.219 e. The monoisotopic (exact) mass is 261 g/mol. The lowest BCUT2D eigenvalue weighted by atomic mass is 10.0. The van der Waals surface area contributed by atoms with Crippen LogP contribution in [0, 0.1) is 5.92 Å². The van der Waals surface area contributed by atoms with Crippen LogP contribution in [0.4, 0.5) is 0 Å². The van der Waals surface area contributed by atoms with Crippen molar-refractivity contribution in [1.29, 1.82) is 0 Å². The van der Waals surface area contributed by atoms with Gasteiger partial charge in [0.15, 0.2) is 0 Å². The fraction of sp³-hybridized carbons (Fsp3) is 0.600. The summed E-state index contributed by atoms with van der Waals surface area (Å²) in [5.41, 5.74) is 1.24. The third-order valence-electron chi connectivity index (χ3n) is 3.53. The topological polar surface area (TPSA) is 36.4 Å². The summed E-state index contributed by atoms with van der Waals surface area (Å²) < 4.78 is 0. The van der Waals surface area contributed by atoms with E-state index in [0.717, 1.165) is 26.2 Å². The van der Waals surface area contributed by atoms with Gasteiger partial charge in [0.1, 0.15) is 0 Å². The van der Waals surface area contributed by atoms with Crippen LogP contribution in [0.5, 0.6) is 0 Å². The highest BCUT2D eigenvalue weighted by atomic mass is 16.2. The Labute approximate surface area is 115 Å². The first kappa shape index (κ1) is 14.0. The highest BCUT2D eigenvalue weighted by Gasteiger charge is 2.33. The molecule has 4 nitrogen and oxygen atoms in total. The van der Waals surface area contributed by atoms with Crippen LogP contribution in [-0.2, 0) is 11.3 Å². The molecule has 1 aliphatic heterocycles. The third kappa shape index (κ3) is 3.77. The maximum Gasteiger partial charge on any atom is 0.219 e. The maximum absolute atomic E-state index is 11.3. The van der Waals surface area contributed by atoms with Gasteiger partial charge in [-0.3, -0.25) is 14.7 Å². The first-order chi connectivity index (χ1) is 9.06. The summed E-state index contributed by atoms with van der Waals surface area (Å²) >= 11 is 0. The Bertz CT molecular complexity index is 413. The average Bonchev–Trinajstić information content (AvgIpc) is 2.26. The number of nitrogens with zero attached hydrogens (tertiary/aromatic N) is 3. The second-order valence-corrected chi connectivity index (χ2v) is 5.76. The summed E-state index contributed by atoms with van der Waals surface area (Å²) in [5.74, 6) is 0.810. The number of rotatable bonds is 5. The lowest BCUT2D eigenvalue weighted by molar-refractivity contribution is -0.136. The van der Waals surface area contributed by atoms with Gasteiger partial charge < -0.3 is 4.90 Å². The molecule has 1 fully saturated rings. The van der Waals surface area contributed by atoms with Gasteiger partial charge in [-0.15, -0.1) is 0 Å². The van der Waals surface area contributed by atoms with Crippen molar-refractivity contribution in [1.82, 2.24) is 14.8 Å². The van der Waals surface area contributed by atoms with Gasteiger partial charge in [-0.25, -0.2) is 0 Å². The van der Waals surface area contributed by atoms with Crippen molar-refractivity contribution in [2.75, 3.05) is 19.6 Å². The summed E-state index contributed by atoms with van der Waals surface area (Å²) in [6.07, 6.45) is 3.73. The van der Waals surface area contributed by atoms with Crippen molar-refractivity contribution < 1.29 is 4.79 Å². The minimum absolute atomic E-state index is 0.183. The number of carbonyl (C=O) groups is 1. The molecule has 2 rings (SSSR count). The van der Waals surface area contributed by atoms with Crippen molar-refractivity contribution in [3.63, 3.8) is 0 Å². The summed E-state index contributed by atoms with van der Waals surface area (Å²) in [7, 11) is 0. The Morgan fingerprint density at radius 2 is 2.26 bits per heavy atom. The molecule has 0 spiro atoms. The second kappa shape index (κ2) is 6.15. The lowest BCUT2D eigenvalue weighted by Crippen LogP contribution is -2.60. The van der Waals surface area contributed by atoms with Crippen molar-refractivity contribution in [3.8, 4) is 0 Å². The van der Waals surface area contributed by atoms with Gasteiger partial charge in [-0.1, -0.05) is 19.9 Å². The Morgan fingerprint density at radius 1 is 1.53 bits per heavy atom. The van der Waals surface area contributed by atoms with Crippen LogP contribution < -0.4 is 0 Å². The van der Waals surface area contributed by atoms with Crippen LogP contribution >= 0.6 is 0 Å². The van der Waals surface area contributed by atoms with Crippen molar-refractivity contribution in [3.05, 3.63) is 30.1 Å². The predicted octanol–water partition coefficient (Wildman–Crippen LogP) is 1.77. The summed E-state index contributed by atoms with van der Waals surface area (Å²) in [6.45, 7) is 9.82. The van der Waals surface area contributed by atoms with Crippen LogP contribution in [-0.4, -0.2) is 46.4 Å². The summed E-state index contributed by atoms with van der Waals surface area (Å²) in [5, 5.41) is 0. The summed E-state index contributed by atoms with van der Waals surface area (Å²) in [6, 6.07) is 4.58. The molecule has 0 unspecified atom stereocenters. The fourth-order valence-corrected chi connectivity index (χ4v) is 2.48. The van der Waals surface area contributed by atoms with Crippen LogP contribution in [0.25, 0.3) is 0 Å². The van der Waals surface area contributed by atoms with E-state index < -0.39 is 0 Å². The summed E-state index contributed by atoms with van der Waals surface area (Å²) in [4.78, 5) is 19.8. The molecular weight excluding hydrogens is 238 g/mol. The average molecular weight is 261 g/mol. The molecule has 1 saturated heterocycles. The van der Waals surface area contributed by atoms with E-state index in [0.29, 0.717) is 12.0 Å². The number of carbonyl (C=O) groups excluding carboxylic acids is 1. The van der Waals surface area contributed by atoms with Crippen LogP contribution in [0.3, 0.4) is 0 Å². The van der Waals surface area contributed by atoms with Crippen LogP contribution in [0.1, 0.15) is 26.3 Å². The first-order valence-electron chi connectivity index (χ1n) is 6.94. The number of likely N-dealkylation sites (tertiary alicyclic amines) is 1. The van der Waals surface area contributed by atoms with Crippen molar-refractivity contribution >= 4 is 5.91 Å². The minimum Gasteiger partial charge on any atom is -0.340 e. The van der Waals surface area contributed by atoms with Crippen LogP contribution in [0.2, 0.25) is 0 Å². The highest BCUT2D eigenvalue weighted by molar-refractivity contribution is 5.74. The molecule has 1 amide bonds. The van der Waals surface area contributed by atoms with E-state index in [-0.39, 0.29) is 5.91 Å². The number of hydrogen-bond donors (Lipinski definition) is 0. The molecule has 0 bridgehead atoms. The minimum atomic E-state index is 0.183. The van der Waals surface area contributed by atoms with E-state index in [2.05, 4.69) is 29.8 Å². The standard InChI is InChI=1S/C15H23N3O/c1-12(2)8-18(9-14-5-4-6-16-7-14)15-10-17(11-15)13(3)19/h4-7,12,15H,8-11H2,1-3H3. The zero-order valence-electron chi connectivity index (χ0n) is 12.0. The molecule has 0 atom stereocenters. The van der Waals surface area contributed by atoms with E-state index in [9.17, 15) is 4.79 Å². The quantitative estimate of drug-likeness (QED) is 0.810. The zero-order chi connectivity index (χ0) is 13.8. The lowest BCUT2D eigenvalue weighted by Gasteiger charge is -2.45. The molecule has 104 valence electrons. The Balaban J connectivity index is 1.95. The van der Waals surface area contributed by atoms with E-state index in [1.807, 2.05) is 17.2 Å². The number of pyridine rings is 1. The predicted molar refractivity (Wildman–Crippen MR) is 75.5 cm³/mol. The first-order valence-corrected chi connectivity index (χ1v) is 6.94. The van der Waals surface area contributed by atoms with Gasteiger partial charge in [0.2, 0.25) is 5.91 Å².